The minimum absolute atomic E-state index is 0.0421. The third-order valence-electron chi connectivity index (χ3n) is 2.38. The number of aromatic nitrogens is 2. The van der Waals surface area contributed by atoms with E-state index in [0.717, 1.165) is 12.1 Å². The van der Waals surface area contributed by atoms with E-state index in [4.69, 9.17) is 0 Å². The highest BCUT2D eigenvalue weighted by molar-refractivity contribution is 6.06. The maximum atomic E-state index is 11.9. The zero-order chi connectivity index (χ0) is 14.7. The summed E-state index contributed by atoms with van der Waals surface area (Å²) in [4.78, 5) is 32.5. The molecule has 0 saturated heterocycles. The molecule has 1 aromatic carbocycles. The quantitative estimate of drug-likeness (QED) is 0.555. The van der Waals surface area contributed by atoms with Crippen molar-refractivity contribution in [2.45, 2.75) is 0 Å². The number of anilines is 1. The molecule has 0 saturated carbocycles. The molecule has 102 valence electrons. The minimum atomic E-state index is -0.801. The molecule has 2 aromatic rings. The first-order valence-corrected chi connectivity index (χ1v) is 5.32. The first-order chi connectivity index (χ1) is 9.49. The second-order valence-electron chi connectivity index (χ2n) is 3.69. The number of benzene rings is 1. The van der Waals surface area contributed by atoms with E-state index in [9.17, 15) is 24.8 Å². The monoisotopic (exact) mass is 276 g/mol. The van der Waals surface area contributed by atoms with Crippen LogP contribution in [0.2, 0.25) is 0 Å². The Bertz CT molecular complexity index is 719. The van der Waals surface area contributed by atoms with E-state index in [0.29, 0.717) is 0 Å². The lowest BCUT2D eigenvalue weighted by Gasteiger charge is -2.05. The molecule has 9 nitrogen and oxygen atoms in total. The van der Waals surface area contributed by atoms with Gasteiger partial charge in [-0.15, -0.1) is 0 Å². The average molecular weight is 276 g/mol. The van der Waals surface area contributed by atoms with E-state index in [1.54, 1.807) is 0 Å². The highest BCUT2D eigenvalue weighted by Gasteiger charge is 2.21. The number of aromatic hydroxyl groups is 1. The van der Waals surface area contributed by atoms with Gasteiger partial charge >= 0.3 is 5.69 Å². The van der Waals surface area contributed by atoms with E-state index in [-0.39, 0.29) is 11.4 Å². The number of nitro benzene ring substituents is 1. The van der Waals surface area contributed by atoms with Crippen LogP contribution in [-0.4, -0.2) is 26.1 Å². The third kappa shape index (κ3) is 2.61. The molecule has 0 aliphatic rings. The van der Waals surface area contributed by atoms with Gasteiger partial charge in [-0.3, -0.25) is 19.7 Å². The van der Waals surface area contributed by atoms with Gasteiger partial charge in [0.25, 0.3) is 11.5 Å². The summed E-state index contributed by atoms with van der Waals surface area (Å²) in [6.07, 6.45) is 0. The normalized spacial score (nSPS) is 10.0. The van der Waals surface area contributed by atoms with E-state index in [1.807, 2.05) is 0 Å². The number of H-pyrrole nitrogens is 1. The Morgan fingerprint density at radius 2 is 2.10 bits per heavy atom. The number of phenolic OH excluding ortho intramolecular Hbond substituents is 1. The molecule has 2 rings (SSSR count). The fourth-order valence-corrected chi connectivity index (χ4v) is 1.46. The van der Waals surface area contributed by atoms with Gasteiger partial charge in [-0.1, -0.05) is 6.07 Å². The fourth-order valence-electron chi connectivity index (χ4n) is 1.46. The smallest absolute Gasteiger partial charge is 0.311 e. The number of amides is 1. The van der Waals surface area contributed by atoms with Crippen molar-refractivity contribution in [2.75, 3.05) is 5.32 Å². The van der Waals surface area contributed by atoms with Gasteiger partial charge in [0.2, 0.25) is 5.75 Å². The van der Waals surface area contributed by atoms with Gasteiger partial charge in [-0.05, 0) is 12.1 Å². The van der Waals surface area contributed by atoms with Gasteiger partial charge in [0, 0.05) is 12.1 Å². The van der Waals surface area contributed by atoms with Crippen molar-refractivity contribution < 1.29 is 14.8 Å². The lowest BCUT2D eigenvalue weighted by molar-refractivity contribution is -0.385. The molecule has 0 bridgehead atoms. The van der Waals surface area contributed by atoms with Crippen LogP contribution in [0.3, 0.4) is 0 Å². The van der Waals surface area contributed by atoms with Gasteiger partial charge in [0.1, 0.15) is 0 Å². The number of carbonyl (C=O) groups is 1. The maximum absolute atomic E-state index is 11.9. The first-order valence-electron chi connectivity index (χ1n) is 5.32. The number of rotatable bonds is 3. The van der Waals surface area contributed by atoms with Crippen LogP contribution in [0, 0.1) is 10.1 Å². The van der Waals surface area contributed by atoms with Crippen LogP contribution in [0.1, 0.15) is 10.4 Å². The summed E-state index contributed by atoms with van der Waals surface area (Å²) in [7, 11) is 0. The largest absolute Gasteiger partial charge is 0.502 e. The molecular weight excluding hydrogens is 268 g/mol. The lowest BCUT2D eigenvalue weighted by atomic mass is 10.1. The highest BCUT2D eigenvalue weighted by atomic mass is 16.6. The summed E-state index contributed by atoms with van der Waals surface area (Å²) >= 11 is 0. The minimum Gasteiger partial charge on any atom is -0.502 e. The Morgan fingerprint density at radius 1 is 1.35 bits per heavy atom. The Kier molecular flexibility index (Phi) is 3.42. The Morgan fingerprint density at radius 3 is 2.70 bits per heavy atom. The van der Waals surface area contributed by atoms with Crippen molar-refractivity contribution in [1.82, 2.24) is 10.2 Å². The summed E-state index contributed by atoms with van der Waals surface area (Å²) in [5.41, 5.74) is -1.29. The summed E-state index contributed by atoms with van der Waals surface area (Å²) in [6, 6.07) is 5.97. The van der Waals surface area contributed by atoms with Crippen molar-refractivity contribution in [2.24, 2.45) is 0 Å². The molecule has 9 heteroatoms. The van der Waals surface area contributed by atoms with Crippen molar-refractivity contribution in [3.63, 3.8) is 0 Å². The van der Waals surface area contributed by atoms with Gasteiger partial charge in [0.15, 0.2) is 5.82 Å². The van der Waals surface area contributed by atoms with Crippen LogP contribution in [0.25, 0.3) is 0 Å². The number of nitrogens with one attached hydrogen (secondary N) is 2. The van der Waals surface area contributed by atoms with E-state index < -0.39 is 27.8 Å². The summed E-state index contributed by atoms with van der Waals surface area (Å²) in [5, 5.41) is 28.3. The van der Waals surface area contributed by atoms with E-state index in [1.165, 1.54) is 18.2 Å². The van der Waals surface area contributed by atoms with E-state index in [2.05, 4.69) is 15.5 Å². The molecule has 0 aliphatic carbocycles. The van der Waals surface area contributed by atoms with E-state index >= 15 is 0 Å². The van der Waals surface area contributed by atoms with Crippen molar-refractivity contribution in [1.29, 1.82) is 0 Å². The molecule has 0 radical (unpaired) electrons. The zero-order valence-corrected chi connectivity index (χ0v) is 9.86. The highest BCUT2D eigenvalue weighted by Crippen LogP contribution is 2.29. The molecule has 0 unspecified atom stereocenters. The van der Waals surface area contributed by atoms with Crippen molar-refractivity contribution >= 4 is 17.4 Å². The molecule has 0 atom stereocenters. The second-order valence-corrected chi connectivity index (χ2v) is 3.69. The first kappa shape index (κ1) is 13.2. The molecule has 1 aromatic heterocycles. The molecule has 0 spiro atoms. The Balaban J connectivity index is 2.30. The summed E-state index contributed by atoms with van der Waals surface area (Å²) < 4.78 is 0. The van der Waals surface area contributed by atoms with Crippen LogP contribution >= 0.6 is 0 Å². The van der Waals surface area contributed by atoms with Gasteiger partial charge in [-0.2, -0.15) is 5.10 Å². The number of carbonyl (C=O) groups excluding carboxylic acids is 1. The van der Waals surface area contributed by atoms with Gasteiger partial charge in [-0.25, -0.2) is 5.10 Å². The Labute approximate surface area is 111 Å². The molecular formula is C11H8N4O5. The average Bonchev–Trinajstić information content (AvgIpc) is 2.41. The summed E-state index contributed by atoms with van der Waals surface area (Å²) in [5.74, 6) is -1.48. The number of nitro groups is 1. The SMILES string of the molecule is O=C(Nc1ccc(=O)[nH]n1)c1cccc([N+](=O)[O-])c1O. The van der Waals surface area contributed by atoms with Crippen LogP contribution in [0.4, 0.5) is 11.5 Å². The number of hydrogen-bond donors (Lipinski definition) is 3. The topological polar surface area (TPSA) is 138 Å². The number of aromatic amines is 1. The van der Waals surface area contributed by atoms with Crippen LogP contribution in [-0.2, 0) is 0 Å². The molecule has 0 aliphatic heterocycles. The van der Waals surface area contributed by atoms with Gasteiger partial charge < -0.3 is 10.4 Å². The molecule has 1 heterocycles. The number of phenols is 1. The van der Waals surface area contributed by atoms with Crippen molar-refractivity contribution in [3.05, 3.63) is 56.4 Å². The summed E-state index contributed by atoms with van der Waals surface area (Å²) in [6.45, 7) is 0. The van der Waals surface area contributed by atoms with Crippen LogP contribution in [0.15, 0.2) is 35.1 Å². The standard InChI is InChI=1S/C11H8N4O5/c16-9-5-4-8(13-14-9)12-11(18)6-2-1-3-7(10(6)17)15(19)20/h1-5,17H,(H,14,16)(H,12,13,18). The van der Waals surface area contributed by atoms with Crippen molar-refractivity contribution in [3.8, 4) is 5.75 Å². The van der Waals surface area contributed by atoms with Crippen LogP contribution < -0.4 is 10.9 Å². The number of nitrogens with zero attached hydrogens (tertiary/aromatic N) is 2. The zero-order valence-electron chi connectivity index (χ0n) is 9.86. The number of para-hydroxylation sites is 1. The third-order valence-corrected chi connectivity index (χ3v) is 2.38. The van der Waals surface area contributed by atoms with Crippen LogP contribution in [0.5, 0.6) is 5.75 Å². The molecule has 1 amide bonds. The molecule has 0 fully saturated rings. The molecule has 20 heavy (non-hydrogen) atoms. The predicted molar refractivity (Wildman–Crippen MR) is 67.6 cm³/mol. The lowest BCUT2D eigenvalue weighted by Crippen LogP contribution is -2.16. The number of hydrogen-bond acceptors (Lipinski definition) is 6. The fraction of sp³-hybridized carbons (Fsp3) is 0. The Hall–Kier alpha value is -3.23. The maximum Gasteiger partial charge on any atom is 0.311 e. The molecule has 3 N–H and O–H groups in total. The predicted octanol–water partition coefficient (Wildman–Crippen LogP) is 0.636. The van der Waals surface area contributed by atoms with Gasteiger partial charge in [0.05, 0.1) is 10.5 Å². The second kappa shape index (κ2) is 5.18.